The highest BCUT2D eigenvalue weighted by molar-refractivity contribution is 6.31. The van der Waals surface area contributed by atoms with Gasteiger partial charge >= 0.3 is 0 Å². The van der Waals surface area contributed by atoms with E-state index in [4.69, 9.17) is 11.6 Å². The average molecular weight is 224 g/mol. The Morgan fingerprint density at radius 2 is 2.20 bits per heavy atom. The molecule has 82 valence electrons. The van der Waals surface area contributed by atoms with Crippen molar-refractivity contribution in [3.63, 3.8) is 0 Å². The molecule has 1 aromatic carbocycles. The van der Waals surface area contributed by atoms with E-state index < -0.39 is 0 Å². The highest BCUT2D eigenvalue weighted by atomic mass is 35.5. The van der Waals surface area contributed by atoms with Gasteiger partial charge in [-0.25, -0.2) is 0 Å². The molecule has 2 unspecified atom stereocenters. The van der Waals surface area contributed by atoms with E-state index in [1.54, 1.807) is 0 Å². The zero-order chi connectivity index (χ0) is 10.7. The third kappa shape index (κ3) is 2.73. The van der Waals surface area contributed by atoms with Gasteiger partial charge in [-0.2, -0.15) is 0 Å². The Kier molecular flexibility index (Phi) is 3.66. The predicted octanol–water partition coefficient (Wildman–Crippen LogP) is 3.44. The smallest absolute Gasteiger partial charge is 0.0440 e. The summed E-state index contributed by atoms with van der Waals surface area (Å²) in [5, 5.41) is 4.40. The molecule has 1 N–H and O–H groups in total. The summed E-state index contributed by atoms with van der Waals surface area (Å²) < 4.78 is 0. The molecule has 0 aromatic heterocycles. The van der Waals surface area contributed by atoms with E-state index in [1.165, 1.54) is 18.4 Å². The second kappa shape index (κ2) is 5.00. The Morgan fingerprint density at radius 3 is 2.93 bits per heavy atom. The van der Waals surface area contributed by atoms with Crippen molar-refractivity contribution in [2.45, 2.75) is 25.7 Å². The Balaban J connectivity index is 1.85. The van der Waals surface area contributed by atoms with Gasteiger partial charge in [-0.3, -0.25) is 0 Å². The third-order valence-corrected chi connectivity index (χ3v) is 3.40. The van der Waals surface area contributed by atoms with E-state index in [1.807, 2.05) is 12.1 Å². The summed E-state index contributed by atoms with van der Waals surface area (Å²) in [6.07, 6.45) is 2.50. The number of hydrogen-bond donors (Lipinski definition) is 1. The van der Waals surface area contributed by atoms with Gasteiger partial charge in [-0.1, -0.05) is 36.7 Å². The van der Waals surface area contributed by atoms with Crippen molar-refractivity contribution in [3.05, 3.63) is 34.9 Å². The van der Waals surface area contributed by atoms with Crippen molar-refractivity contribution in [1.82, 2.24) is 5.32 Å². The zero-order valence-electron chi connectivity index (χ0n) is 9.17. The first-order chi connectivity index (χ1) is 7.33. The molecule has 0 aliphatic heterocycles. The first-order valence-electron chi connectivity index (χ1n) is 5.78. The monoisotopic (exact) mass is 223 g/mol. The number of nitrogens with one attached hydrogen (secondary N) is 1. The molecule has 2 atom stereocenters. The lowest BCUT2D eigenvalue weighted by atomic mass is 10.1. The van der Waals surface area contributed by atoms with E-state index in [2.05, 4.69) is 24.4 Å². The van der Waals surface area contributed by atoms with E-state index in [9.17, 15) is 0 Å². The fourth-order valence-corrected chi connectivity index (χ4v) is 2.37. The largest absolute Gasteiger partial charge is 0.316 e. The first kappa shape index (κ1) is 11.0. The van der Waals surface area contributed by atoms with Crippen LogP contribution < -0.4 is 5.32 Å². The van der Waals surface area contributed by atoms with Crippen LogP contribution in [0.4, 0.5) is 0 Å². The van der Waals surface area contributed by atoms with Crippen LogP contribution >= 0.6 is 11.6 Å². The Labute approximate surface area is 96.8 Å². The van der Waals surface area contributed by atoms with Crippen molar-refractivity contribution < 1.29 is 0 Å². The van der Waals surface area contributed by atoms with Gasteiger partial charge in [0.2, 0.25) is 0 Å². The van der Waals surface area contributed by atoms with Gasteiger partial charge in [0.25, 0.3) is 0 Å². The number of rotatable bonds is 5. The molecule has 1 fully saturated rings. The van der Waals surface area contributed by atoms with Crippen molar-refractivity contribution in [1.29, 1.82) is 0 Å². The first-order valence-corrected chi connectivity index (χ1v) is 6.16. The SMILES string of the molecule is CCCNCC1CC1c1ccccc1Cl. The molecule has 0 bridgehead atoms. The lowest BCUT2D eigenvalue weighted by molar-refractivity contribution is 0.620. The van der Waals surface area contributed by atoms with Gasteiger partial charge < -0.3 is 5.32 Å². The minimum Gasteiger partial charge on any atom is -0.316 e. The van der Waals surface area contributed by atoms with Crippen LogP contribution in [-0.4, -0.2) is 13.1 Å². The zero-order valence-corrected chi connectivity index (χ0v) is 9.93. The van der Waals surface area contributed by atoms with Crippen LogP contribution in [0, 0.1) is 5.92 Å². The quantitative estimate of drug-likeness (QED) is 0.755. The molecule has 0 heterocycles. The molecule has 0 amide bonds. The van der Waals surface area contributed by atoms with Crippen LogP contribution in [0.1, 0.15) is 31.2 Å². The number of hydrogen-bond acceptors (Lipinski definition) is 1. The minimum atomic E-state index is 0.697. The molecule has 1 saturated carbocycles. The van der Waals surface area contributed by atoms with Gasteiger partial charge in [-0.05, 0) is 49.4 Å². The van der Waals surface area contributed by atoms with Crippen LogP contribution in [-0.2, 0) is 0 Å². The lowest BCUT2D eigenvalue weighted by Gasteiger charge is -2.04. The van der Waals surface area contributed by atoms with Crippen LogP contribution in [0.3, 0.4) is 0 Å². The molecule has 15 heavy (non-hydrogen) atoms. The van der Waals surface area contributed by atoms with E-state index in [-0.39, 0.29) is 0 Å². The third-order valence-electron chi connectivity index (χ3n) is 3.06. The summed E-state index contributed by atoms with van der Waals surface area (Å²) in [6, 6.07) is 8.23. The Hall–Kier alpha value is -0.530. The summed E-state index contributed by atoms with van der Waals surface area (Å²) in [5.41, 5.74) is 1.34. The maximum Gasteiger partial charge on any atom is 0.0440 e. The Bertz CT molecular complexity index is 324. The topological polar surface area (TPSA) is 12.0 Å². The van der Waals surface area contributed by atoms with Crippen LogP contribution in [0.5, 0.6) is 0 Å². The Morgan fingerprint density at radius 1 is 1.40 bits per heavy atom. The molecule has 1 nitrogen and oxygen atoms in total. The van der Waals surface area contributed by atoms with Crippen LogP contribution in [0.25, 0.3) is 0 Å². The molecule has 0 saturated heterocycles. The average Bonchev–Trinajstić information content (AvgIpc) is 2.98. The van der Waals surface area contributed by atoms with Gasteiger partial charge in [0.1, 0.15) is 0 Å². The van der Waals surface area contributed by atoms with Gasteiger partial charge in [0.15, 0.2) is 0 Å². The summed E-state index contributed by atoms with van der Waals surface area (Å²) in [7, 11) is 0. The van der Waals surface area contributed by atoms with Crippen molar-refractivity contribution in [2.24, 2.45) is 5.92 Å². The minimum absolute atomic E-state index is 0.697. The molecule has 0 spiro atoms. The van der Waals surface area contributed by atoms with E-state index in [0.29, 0.717) is 5.92 Å². The number of benzene rings is 1. The summed E-state index contributed by atoms with van der Waals surface area (Å²) in [4.78, 5) is 0. The summed E-state index contributed by atoms with van der Waals surface area (Å²) >= 11 is 6.17. The summed E-state index contributed by atoms with van der Waals surface area (Å²) in [6.45, 7) is 4.47. The second-order valence-electron chi connectivity index (χ2n) is 4.33. The molecule has 1 aromatic rings. The van der Waals surface area contributed by atoms with E-state index >= 15 is 0 Å². The molecular formula is C13H18ClN. The molecule has 2 heteroatoms. The van der Waals surface area contributed by atoms with Gasteiger partial charge in [0, 0.05) is 5.02 Å². The number of halogens is 1. The molecular weight excluding hydrogens is 206 g/mol. The van der Waals surface area contributed by atoms with Gasteiger partial charge in [0.05, 0.1) is 0 Å². The maximum absolute atomic E-state index is 6.17. The molecule has 1 aliphatic rings. The van der Waals surface area contributed by atoms with Crippen molar-refractivity contribution in [3.8, 4) is 0 Å². The molecule has 0 radical (unpaired) electrons. The lowest BCUT2D eigenvalue weighted by Crippen LogP contribution is -2.17. The molecule has 1 aliphatic carbocycles. The summed E-state index contributed by atoms with van der Waals surface area (Å²) in [5.74, 6) is 1.50. The fourth-order valence-electron chi connectivity index (χ4n) is 2.09. The van der Waals surface area contributed by atoms with Crippen LogP contribution in [0.15, 0.2) is 24.3 Å². The molecule has 2 rings (SSSR count). The van der Waals surface area contributed by atoms with Gasteiger partial charge in [-0.15, -0.1) is 0 Å². The fraction of sp³-hybridized carbons (Fsp3) is 0.538. The van der Waals surface area contributed by atoms with E-state index in [0.717, 1.165) is 24.0 Å². The standard InChI is InChI=1S/C13H18ClN/c1-2-7-15-9-10-8-12(10)11-5-3-4-6-13(11)14/h3-6,10,12,15H,2,7-9H2,1H3. The highest BCUT2D eigenvalue weighted by Crippen LogP contribution is 2.48. The highest BCUT2D eigenvalue weighted by Gasteiger charge is 2.38. The normalized spacial score (nSPS) is 24.1. The maximum atomic E-state index is 6.17. The van der Waals surface area contributed by atoms with Crippen LogP contribution in [0.2, 0.25) is 5.02 Å². The van der Waals surface area contributed by atoms with Crippen molar-refractivity contribution >= 4 is 11.6 Å². The predicted molar refractivity (Wildman–Crippen MR) is 65.5 cm³/mol. The van der Waals surface area contributed by atoms with Crippen molar-refractivity contribution in [2.75, 3.05) is 13.1 Å². The second-order valence-corrected chi connectivity index (χ2v) is 4.74.